The van der Waals surface area contributed by atoms with E-state index >= 15 is 0 Å². The third-order valence-electron chi connectivity index (χ3n) is 4.44. The summed E-state index contributed by atoms with van der Waals surface area (Å²) in [4.78, 5) is 14.2. The van der Waals surface area contributed by atoms with Crippen LogP contribution in [0.2, 0.25) is 0 Å². The van der Waals surface area contributed by atoms with E-state index in [9.17, 15) is 14.3 Å². The molecule has 1 heterocycles. The third-order valence-corrected chi connectivity index (χ3v) is 4.44. The number of aliphatic hydroxyl groups is 1. The molecule has 134 valence electrons. The molecule has 1 aliphatic heterocycles. The summed E-state index contributed by atoms with van der Waals surface area (Å²) >= 11 is 0. The predicted molar refractivity (Wildman–Crippen MR) is 90.3 cm³/mol. The van der Waals surface area contributed by atoms with E-state index in [0.29, 0.717) is 30.7 Å². The molecule has 0 aliphatic carbocycles. The van der Waals surface area contributed by atoms with Gasteiger partial charge in [-0.05, 0) is 44.0 Å². The first-order valence-electron chi connectivity index (χ1n) is 8.55. The van der Waals surface area contributed by atoms with Gasteiger partial charge in [-0.15, -0.1) is 0 Å². The largest absolute Gasteiger partial charge is 0.497 e. The number of piperidine rings is 1. The second-order valence-electron chi connectivity index (χ2n) is 6.35. The van der Waals surface area contributed by atoms with Gasteiger partial charge in [0, 0.05) is 25.2 Å². The number of hydrogen-bond donors (Lipinski definition) is 2. The van der Waals surface area contributed by atoms with Crippen LogP contribution in [-0.2, 0) is 11.3 Å². The molecule has 6 heteroatoms. The zero-order valence-corrected chi connectivity index (χ0v) is 14.5. The fourth-order valence-electron chi connectivity index (χ4n) is 2.98. The Labute approximate surface area is 142 Å². The number of benzene rings is 1. The molecule has 0 saturated carbocycles. The molecule has 1 amide bonds. The SMILES string of the molecule is CCCCNC[C@@]1(O)CCCN(Cc2cc(OC)ccc2F)C1=O. The van der Waals surface area contributed by atoms with E-state index in [0.717, 1.165) is 19.4 Å². The van der Waals surface area contributed by atoms with Crippen LogP contribution in [0.3, 0.4) is 0 Å². The summed E-state index contributed by atoms with van der Waals surface area (Å²) in [6.07, 6.45) is 3.19. The number of nitrogens with zero attached hydrogens (tertiary/aromatic N) is 1. The molecule has 5 nitrogen and oxygen atoms in total. The highest BCUT2D eigenvalue weighted by Crippen LogP contribution is 2.25. The molecule has 0 aromatic heterocycles. The Morgan fingerprint density at radius 2 is 2.25 bits per heavy atom. The van der Waals surface area contributed by atoms with Gasteiger partial charge in [-0.2, -0.15) is 0 Å². The first-order chi connectivity index (χ1) is 11.5. The number of ether oxygens (including phenoxy) is 1. The zero-order valence-electron chi connectivity index (χ0n) is 14.5. The topological polar surface area (TPSA) is 61.8 Å². The van der Waals surface area contributed by atoms with Crippen LogP contribution in [0.5, 0.6) is 5.75 Å². The number of nitrogens with one attached hydrogen (secondary N) is 1. The molecule has 2 N–H and O–H groups in total. The fourth-order valence-corrected chi connectivity index (χ4v) is 2.98. The summed E-state index contributed by atoms with van der Waals surface area (Å²) in [5.74, 6) is -0.161. The molecule has 0 bridgehead atoms. The van der Waals surface area contributed by atoms with Crippen LogP contribution in [0.15, 0.2) is 18.2 Å². The Balaban J connectivity index is 2.04. The molecule has 1 aromatic rings. The number of halogens is 1. The van der Waals surface area contributed by atoms with Crippen molar-refractivity contribution in [3.05, 3.63) is 29.6 Å². The quantitative estimate of drug-likeness (QED) is 0.713. The minimum absolute atomic E-state index is 0.138. The maximum atomic E-state index is 14.0. The van der Waals surface area contributed by atoms with Crippen LogP contribution in [0.1, 0.15) is 38.2 Å². The summed E-state index contributed by atoms with van der Waals surface area (Å²) in [5, 5.41) is 13.8. The van der Waals surface area contributed by atoms with Gasteiger partial charge in [0.2, 0.25) is 0 Å². The van der Waals surface area contributed by atoms with E-state index in [2.05, 4.69) is 12.2 Å². The van der Waals surface area contributed by atoms with Crippen LogP contribution in [0.25, 0.3) is 0 Å². The van der Waals surface area contributed by atoms with Crippen LogP contribution < -0.4 is 10.1 Å². The maximum absolute atomic E-state index is 14.0. The molecule has 24 heavy (non-hydrogen) atoms. The second kappa shape index (κ2) is 8.44. The molecule has 1 aromatic carbocycles. The van der Waals surface area contributed by atoms with Crippen LogP contribution in [-0.4, -0.2) is 48.3 Å². The summed E-state index contributed by atoms with van der Waals surface area (Å²) in [6.45, 7) is 3.76. The van der Waals surface area contributed by atoms with Crippen molar-refractivity contribution in [2.24, 2.45) is 0 Å². The van der Waals surface area contributed by atoms with Crippen molar-refractivity contribution in [2.75, 3.05) is 26.7 Å². The standard InChI is InChI=1S/C18H27FN2O3/c1-3-4-9-20-13-18(23)8-5-10-21(17(18)22)12-14-11-15(24-2)6-7-16(14)19/h6-7,11,20,23H,3-5,8-10,12-13H2,1-2H3/t18-/m0/s1. The van der Waals surface area contributed by atoms with Crippen LogP contribution in [0.4, 0.5) is 4.39 Å². The van der Waals surface area contributed by atoms with Gasteiger partial charge >= 0.3 is 0 Å². The van der Waals surface area contributed by atoms with E-state index in [4.69, 9.17) is 4.74 Å². The lowest BCUT2D eigenvalue weighted by Gasteiger charge is -2.38. The van der Waals surface area contributed by atoms with Gasteiger partial charge in [0.1, 0.15) is 11.6 Å². The van der Waals surface area contributed by atoms with Crippen molar-refractivity contribution in [3.8, 4) is 5.75 Å². The Morgan fingerprint density at radius 1 is 1.46 bits per heavy atom. The lowest BCUT2D eigenvalue weighted by molar-refractivity contribution is -0.157. The number of likely N-dealkylation sites (tertiary alicyclic amines) is 1. The second-order valence-corrected chi connectivity index (χ2v) is 6.35. The fraction of sp³-hybridized carbons (Fsp3) is 0.611. The Kier molecular flexibility index (Phi) is 6.57. The van der Waals surface area contributed by atoms with Crippen molar-refractivity contribution >= 4 is 5.91 Å². The van der Waals surface area contributed by atoms with Gasteiger partial charge < -0.3 is 20.1 Å². The van der Waals surface area contributed by atoms with E-state index in [1.165, 1.54) is 18.1 Å². The number of rotatable bonds is 8. The molecule has 2 rings (SSSR count). The molecule has 0 radical (unpaired) electrons. The maximum Gasteiger partial charge on any atom is 0.256 e. The van der Waals surface area contributed by atoms with Crippen molar-refractivity contribution in [1.29, 1.82) is 0 Å². The van der Waals surface area contributed by atoms with Gasteiger partial charge in [-0.25, -0.2) is 4.39 Å². The summed E-state index contributed by atoms with van der Waals surface area (Å²) < 4.78 is 19.1. The Morgan fingerprint density at radius 3 is 2.96 bits per heavy atom. The number of amides is 1. The predicted octanol–water partition coefficient (Wildman–Crippen LogP) is 2.08. The number of methoxy groups -OCH3 is 1. The van der Waals surface area contributed by atoms with Gasteiger partial charge in [0.05, 0.1) is 7.11 Å². The number of carbonyl (C=O) groups is 1. The highest BCUT2D eigenvalue weighted by atomic mass is 19.1. The van der Waals surface area contributed by atoms with E-state index < -0.39 is 5.60 Å². The number of hydrogen-bond acceptors (Lipinski definition) is 4. The molecule has 1 atom stereocenters. The summed E-state index contributed by atoms with van der Waals surface area (Å²) in [7, 11) is 1.52. The summed E-state index contributed by atoms with van der Waals surface area (Å²) in [5.41, 5.74) is -1.01. The third kappa shape index (κ3) is 4.45. The monoisotopic (exact) mass is 338 g/mol. The Hall–Kier alpha value is -1.66. The van der Waals surface area contributed by atoms with Crippen molar-refractivity contribution < 1.29 is 19.0 Å². The minimum Gasteiger partial charge on any atom is -0.497 e. The van der Waals surface area contributed by atoms with Gasteiger partial charge in [-0.1, -0.05) is 13.3 Å². The lowest BCUT2D eigenvalue weighted by Crippen LogP contribution is -2.57. The molecule has 1 saturated heterocycles. The first-order valence-corrected chi connectivity index (χ1v) is 8.55. The minimum atomic E-state index is -1.40. The molecule has 0 spiro atoms. The zero-order chi connectivity index (χ0) is 17.6. The molecule has 1 aliphatic rings. The van der Waals surface area contributed by atoms with Crippen molar-refractivity contribution in [3.63, 3.8) is 0 Å². The first kappa shape index (κ1) is 18.7. The average molecular weight is 338 g/mol. The van der Waals surface area contributed by atoms with Gasteiger partial charge in [0.25, 0.3) is 5.91 Å². The van der Waals surface area contributed by atoms with E-state index in [1.807, 2.05) is 0 Å². The molecule has 0 unspecified atom stereocenters. The highest BCUT2D eigenvalue weighted by Gasteiger charge is 2.41. The smallest absolute Gasteiger partial charge is 0.256 e. The van der Waals surface area contributed by atoms with Gasteiger partial charge in [-0.3, -0.25) is 4.79 Å². The van der Waals surface area contributed by atoms with Crippen molar-refractivity contribution in [1.82, 2.24) is 10.2 Å². The molecular formula is C18H27FN2O3. The molecule has 1 fully saturated rings. The van der Waals surface area contributed by atoms with Crippen LogP contribution in [0, 0.1) is 5.82 Å². The Bertz CT molecular complexity index is 567. The average Bonchev–Trinajstić information content (AvgIpc) is 2.58. The van der Waals surface area contributed by atoms with Crippen LogP contribution >= 0.6 is 0 Å². The van der Waals surface area contributed by atoms with Gasteiger partial charge in [0.15, 0.2) is 5.60 Å². The van der Waals surface area contributed by atoms with E-state index in [-0.39, 0.29) is 24.8 Å². The van der Waals surface area contributed by atoms with E-state index in [1.54, 1.807) is 12.1 Å². The highest BCUT2D eigenvalue weighted by molar-refractivity contribution is 5.86. The number of carbonyl (C=O) groups excluding carboxylic acids is 1. The summed E-state index contributed by atoms with van der Waals surface area (Å²) in [6, 6.07) is 4.47. The molecular weight excluding hydrogens is 311 g/mol. The lowest BCUT2D eigenvalue weighted by atomic mass is 9.91. The number of unbranched alkanes of at least 4 members (excludes halogenated alkanes) is 1. The normalized spacial score (nSPS) is 21.2. The van der Waals surface area contributed by atoms with Crippen molar-refractivity contribution in [2.45, 2.75) is 44.8 Å².